The monoisotopic (exact) mass is 455 g/mol. The van der Waals surface area contributed by atoms with Crippen LogP contribution < -0.4 is 0 Å². The fraction of sp³-hybridized carbons (Fsp3) is 0.400. The molecule has 0 aliphatic rings. The third kappa shape index (κ3) is 5.38. The second-order valence-corrected chi connectivity index (χ2v) is 9.59. The SMILES string of the molecule is CCS(=O)(=O)c1cc(C(C)(C)C#N)cnc1CCc1cnc(C(F)(F)F)cc1C(=O)O. The first-order valence-electron chi connectivity index (χ1n) is 9.15. The molecule has 7 nitrogen and oxygen atoms in total. The number of carboxylic acids is 1. The average molecular weight is 455 g/mol. The lowest BCUT2D eigenvalue weighted by atomic mass is 9.87. The number of halogens is 3. The van der Waals surface area contributed by atoms with E-state index in [0.717, 1.165) is 6.20 Å². The van der Waals surface area contributed by atoms with E-state index >= 15 is 0 Å². The van der Waals surface area contributed by atoms with Crippen molar-refractivity contribution in [3.05, 3.63) is 52.6 Å². The Morgan fingerprint density at radius 3 is 2.32 bits per heavy atom. The van der Waals surface area contributed by atoms with E-state index in [1.807, 2.05) is 0 Å². The molecule has 0 saturated carbocycles. The summed E-state index contributed by atoms with van der Waals surface area (Å²) < 4.78 is 63.7. The van der Waals surface area contributed by atoms with Crippen LogP contribution in [0.4, 0.5) is 13.2 Å². The van der Waals surface area contributed by atoms with E-state index in [9.17, 15) is 36.8 Å². The molecule has 1 N–H and O–H groups in total. The van der Waals surface area contributed by atoms with E-state index in [2.05, 4.69) is 16.0 Å². The molecule has 2 aromatic heterocycles. The normalized spacial score (nSPS) is 12.4. The van der Waals surface area contributed by atoms with E-state index in [1.165, 1.54) is 19.2 Å². The fourth-order valence-corrected chi connectivity index (χ4v) is 3.91. The number of nitrogens with zero attached hydrogens (tertiary/aromatic N) is 3. The molecule has 0 radical (unpaired) electrons. The predicted molar refractivity (Wildman–Crippen MR) is 104 cm³/mol. The molecule has 166 valence electrons. The van der Waals surface area contributed by atoms with Crippen LogP contribution in [0, 0.1) is 11.3 Å². The zero-order valence-electron chi connectivity index (χ0n) is 17.0. The number of carbonyl (C=O) groups is 1. The van der Waals surface area contributed by atoms with Gasteiger partial charge in [0.25, 0.3) is 0 Å². The minimum Gasteiger partial charge on any atom is -0.478 e. The number of nitriles is 1. The van der Waals surface area contributed by atoms with Crippen LogP contribution in [-0.2, 0) is 34.3 Å². The molecule has 0 unspecified atom stereocenters. The number of aromatic nitrogens is 2. The number of aryl methyl sites for hydroxylation is 2. The van der Waals surface area contributed by atoms with Gasteiger partial charge >= 0.3 is 12.1 Å². The van der Waals surface area contributed by atoms with Crippen LogP contribution in [0.2, 0.25) is 0 Å². The molecule has 0 bridgehead atoms. The van der Waals surface area contributed by atoms with Crippen LogP contribution in [0.1, 0.15) is 53.6 Å². The first-order chi connectivity index (χ1) is 14.2. The highest BCUT2D eigenvalue weighted by molar-refractivity contribution is 7.91. The number of hydrogen-bond donors (Lipinski definition) is 1. The van der Waals surface area contributed by atoms with Crippen LogP contribution in [-0.4, -0.2) is 35.2 Å². The first-order valence-corrected chi connectivity index (χ1v) is 10.8. The van der Waals surface area contributed by atoms with Gasteiger partial charge in [0, 0.05) is 12.4 Å². The van der Waals surface area contributed by atoms with E-state index < -0.39 is 38.7 Å². The van der Waals surface area contributed by atoms with Crippen LogP contribution in [0.3, 0.4) is 0 Å². The number of pyridine rings is 2. The number of rotatable bonds is 7. The van der Waals surface area contributed by atoms with Gasteiger partial charge in [0.2, 0.25) is 0 Å². The van der Waals surface area contributed by atoms with Crippen LogP contribution in [0.5, 0.6) is 0 Å². The van der Waals surface area contributed by atoms with Crippen molar-refractivity contribution in [3.63, 3.8) is 0 Å². The second-order valence-electron chi connectivity index (χ2n) is 7.34. The maximum atomic E-state index is 12.8. The average Bonchev–Trinajstić information content (AvgIpc) is 2.71. The van der Waals surface area contributed by atoms with E-state index in [-0.39, 0.29) is 34.7 Å². The zero-order valence-corrected chi connectivity index (χ0v) is 17.8. The molecule has 2 rings (SSSR count). The zero-order chi connectivity index (χ0) is 23.6. The summed E-state index contributed by atoms with van der Waals surface area (Å²) in [5, 5.41) is 18.6. The molecule has 2 aromatic rings. The van der Waals surface area contributed by atoms with Crippen molar-refractivity contribution < 1.29 is 31.5 Å². The molecule has 0 aliphatic carbocycles. The number of sulfone groups is 1. The summed E-state index contributed by atoms with van der Waals surface area (Å²) in [7, 11) is -3.73. The molecule has 0 atom stereocenters. The topological polar surface area (TPSA) is 121 Å². The molecule has 11 heteroatoms. The third-order valence-corrected chi connectivity index (χ3v) is 6.57. The van der Waals surface area contributed by atoms with Gasteiger partial charge in [-0.05, 0) is 49.9 Å². The standard InChI is InChI=1S/C20H20F3N3O4S/c1-4-31(29,30)16-7-13(19(2,3)11-24)10-25-15(16)6-5-12-9-26-17(20(21,22)23)8-14(12)18(27)28/h7-10H,4-6H2,1-3H3,(H,27,28). The van der Waals surface area contributed by atoms with Gasteiger partial charge < -0.3 is 5.11 Å². The Bertz CT molecular complexity index is 1150. The van der Waals surface area contributed by atoms with Gasteiger partial charge in [-0.25, -0.2) is 13.2 Å². The van der Waals surface area contributed by atoms with Crippen molar-refractivity contribution in [3.8, 4) is 6.07 Å². The van der Waals surface area contributed by atoms with Gasteiger partial charge in [0.15, 0.2) is 9.84 Å². The summed E-state index contributed by atoms with van der Waals surface area (Å²) in [6, 6.07) is 3.89. The Morgan fingerprint density at radius 1 is 1.16 bits per heavy atom. The molecule has 0 fully saturated rings. The van der Waals surface area contributed by atoms with Crippen LogP contribution in [0.15, 0.2) is 29.4 Å². The largest absolute Gasteiger partial charge is 0.478 e. The fourth-order valence-electron chi connectivity index (χ4n) is 2.78. The van der Waals surface area contributed by atoms with Gasteiger partial charge in [-0.2, -0.15) is 18.4 Å². The van der Waals surface area contributed by atoms with Gasteiger partial charge in [0.05, 0.1) is 33.4 Å². The Labute approximate surface area is 177 Å². The quantitative estimate of drug-likeness (QED) is 0.677. The molecule has 2 heterocycles. The molecular weight excluding hydrogens is 435 g/mol. The summed E-state index contributed by atoms with van der Waals surface area (Å²) in [6.07, 6.45) is -2.73. The highest BCUT2D eigenvalue weighted by Crippen LogP contribution is 2.30. The first kappa shape index (κ1) is 24.3. The van der Waals surface area contributed by atoms with Crippen molar-refractivity contribution in [2.45, 2.75) is 50.1 Å². The number of carboxylic acid groups (broad SMARTS) is 1. The molecular formula is C20H20F3N3O4S. The Balaban J connectivity index is 2.48. The summed E-state index contributed by atoms with van der Waals surface area (Å²) in [5.74, 6) is -1.77. The minimum absolute atomic E-state index is 0.0172. The summed E-state index contributed by atoms with van der Waals surface area (Å²) in [4.78, 5) is 18.8. The maximum absolute atomic E-state index is 12.8. The maximum Gasteiger partial charge on any atom is 0.433 e. The lowest BCUT2D eigenvalue weighted by molar-refractivity contribution is -0.141. The lowest BCUT2D eigenvalue weighted by Crippen LogP contribution is -2.18. The number of hydrogen-bond acceptors (Lipinski definition) is 6. The number of aromatic carboxylic acids is 1. The Hall–Kier alpha value is -3.00. The minimum atomic E-state index is -4.80. The number of alkyl halides is 3. The molecule has 31 heavy (non-hydrogen) atoms. The van der Waals surface area contributed by atoms with Gasteiger partial charge in [-0.15, -0.1) is 0 Å². The van der Waals surface area contributed by atoms with Crippen molar-refractivity contribution in [2.75, 3.05) is 5.75 Å². The molecule has 0 aromatic carbocycles. The van der Waals surface area contributed by atoms with Gasteiger partial charge in [0.1, 0.15) is 5.69 Å². The second kappa shape index (κ2) is 8.63. The Morgan fingerprint density at radius 2 is 1.81 bits per heavy atom. The Kier molecular flexibility index (Phi) is 6.75. The third-order valence-electron chi connectivity index (χ3n) is 4.79. The van der Waals surface area contributed by atoms with Crippen molar-refractivity contribution in [1.29, 1.82) is 5.26 Å². The van der Waals surface area contributed by atoms with Crippen molar-refractivity contribution >= 4 is 15.8 Å². The summed E-state index contributed by atoms with van der Waals surface area (Å²) in [6.45, 7) is 4.67. The van der Waals surface area contributed by atoms with Crippen LogP contribution >= 0.6 is 0 Å². The van der Waals surface area contributed by atoms with E-state index in [1.54, 1.807) is 13.8 Å². The molecule has 0 amide bonds. The molecule has 0 spiro atoms. The highest BCUT2D eigenvalue weighted by Gasteiger charge is 2.34. The van der Waals surface area contributed by atoms with Gasteiger partial charge in [-0.3, -0.25) is 9.97 Å². The van der Waals surface area contributed by atoms with E-state index in [4.69, 9.17) is 0 Å². The predicted octanol–water partition coefficient (Wildman–Crippen LogP) is 3.57. The summed E-state index contributed by atoms with van der Waals surface area (Å²) in [5.41, 5.74) is -2.34. The lowest BCUT2D eigenvalue weighted by Gasteiger charge is -2.18. The smallest absolute Gasteiger partial charge is 0.433 e. The van der Waals surface area contributed by atoms with Crippen molar-refractivity contribution in [1.82, 2.24) is 9.97 Å². The highest BCUT2D eigenvalue weighted by atomic mass is 32.2. The molecule has 0 saturated heterocycles. The van der Waals surface area contributed by atoms with Crippen molar-refractivity contribution in [2.24, 2.45) is 0 Å². The van der Waals surface area contributed by atoms with Gasteiger partial charge in [-0.1, -0.05) is 6.92 Å². The summed E-state index contributed by atoms with van der Waals surface area (Å²) >= 11 is 0. The van der Waals surface area contributed by atoms with Crippen LogP contribution in [0.25, 0.3) is 0 Å². The molecule has 0 aliphatic heterocycles. The van der Waals surface area contributed by atoms with E-state index in [0.29, 0.717) is 11.6 Å².